The van der Waals surface area contributed by atoms with Crippen LogP contribution in [0.15, 0.2) is 18.2 Å². The highest BCUT2D eigenvalue weighted by atomic mass is 16.5. The van der Waals surface area contributed by atoms with E-state index in [1.165, 1.54) is 0 Å². The summed E-state index contributed by atoms with van der Waals surface area (Å²) in [5, 5.41) is 2.98. The Kier molecular flexibility index (Phi) is 4.10. The Morgan fingerprint density at radius 1 is 1.47 bits per heavy atom. The summed E-state index contributed by atoms with van der Waals surface area (Å²) in [6.45, 7) is 6.20. The molecule has 0 aromatic heterocycles. The van der Waals surface area contributed by atoms with Gasteiger partial charge in [0.05, 0.1) is 6.61 Å². The van der Waals surface area contributed by atoms with Crippen molar-refractivity contribution in [2.45, 2.75) is 26.7 Å². The fourth-order valence-corrected chi connectivity index (χ4v) is 2.23. The molecular weight excluding hydrogens is 240 g/mol. The number of amides is 1. The lowest BCUT2D eigenvalue weighted by molar-refractivity contribution is 0.0935. The molecule has 0 atom stereocenters. The highest BCUT2D eigenvalue weighted by Gasteiger charge is 2.19. The van der Waals surface area contributed by atoms with Crippen molar-refractivity contribution in [2.24, 2.45) is 11.1 Å². The lowest BCUT2D eigenvalue weighted by Gasteiger charge is -2.24. The van der Waals surface area contributed by atoms with E-state index in [4.69, 9.17) is 10.5 Å². The summed E-state index contributed by atoms with van der Waals surface area (Å²) >= 11 is 0. The van der Waals surface area contributed by atoms with Crippen molar-refractivity contribution in [2.75, 3.05) is 19.7 Å². The number of rotatable bonds is 5. The normalized spacial score (nSPS) is 13.8. The summed E-state index contributed by atoms with van der Waals surface area (Å²) < 4.78 is 5.43. The van der Waals surface area contributed by atoms with Crippen LogP contribution in [-0.4, -0.2) is 25.6 Å². The SMILES string of the molecule is CC(C)(CCN)CNC(=O)c1ccc2c(c1)CCO2. The van der Waals surface area contributed by atoms with Gasteiger partial charge in [-0.25, -0.2) is 0 Å². The molecule has 1 heterocycles. The molecule has 0 unspecified atom stereocenters. The molecule has 3 N–H and O–H groups in total. The summed E-state index contributed by atoms with van der Waals surface area (Å²) in [6, 6.07) is 5.62. The van der Waals surface area contributed by atoms with Crippen molar-refractivity contribution in [1.29, 1.82) is 0 Å². The van der Waals surface area contributed by atoms with Crippen LogP contribution in [0.3, 0.4) is 0 Å². The number of hydrogen-bond donors (Lipinski definition) is 2. The molecule has 0 saturated heterocycles. The zero-order valence-electron chi connectivity index (χ0n) is 11.7. The van der Waals surface area contributed by atoms with E-state index in [1.807, 2.05) is 18.2 Å². The highest BCUT2D eigenvalue weighted by Crippen LogP contribution is 2.26. The van der Waals surface area contributed by atoms with Gasteiger partial charge in [-0.1, -0.05) is 13.8 Å². The van der Waals surface area contributed by atoms with Gasteiger partial charge < -0.3 is 15.8 Å². The van der Waals surface area contributed by atoms with Crippen LogP contribution >= 0.6 is 0 Å². The Morgan fingerprint density at radius 3 is 3.00 bits per heavy atom. The first-order chi connectivity index (χ1) is 9.02. The van der Waals surface area contributed by atoms with Crippen LogP contribution in [0.2, 0.25) is 0 Å². The minimum Gasteiger partial charge on any atom is -0.493 e. The minimum absolute atomic E-state index is 0.0280. The van der Waals surface area contributed by atoms with Crippen LogP contribution in [0.25, 0.3) is 0 Å². The standard InChI is InChI=1S/C15H22N2O2/c1-15(2,6-7-16)10-17-14(18)12-3-4-13-11(9-12)5-8-19-13/h3-4,9H,5-8,10,16H2,1-2H3,(H,17,18). The number of hydrogen-bond acceptors (Lipinski definition) is 3. The van der Waals surface area contributed by atoms with Crippen molar-refractivity contribution in [3.63, 3.8) is 0 Å². The van der Waals surface area contributed by atoms with Gasteiger partial charge in [0.2, 0.25) is 0 Å². The van der Waals surface area contributed by atoms with E-state index in [-0.39, 0.29) is 11.3 Å². The molecule has 1 aromatic rings. The third-order valence-corrected chi connectivity index (χ3v) is 3.50. The molecule has 4 heteroatoms. The number of carbonyl (C=O) groups excluding carboxylic acids is 1. The largest absolute Gasteiger partial charge is 0.493 e. The molecule has 19 heavy (non-hydrogen) atoms. The van der Waals surface area contributed by atoms with Crippen LogP contribution < -0.4 is 15.8 Å². The van der Waals surface area contributed by atoms with Crippen LogP contribution in [0.1, 0.15) is 36.2 Å². The van der Waals surface area contributed by atoms with E-state index in [2.05, 4.69) is 19.2 Å². The maximum atomic E-state index is 12.1. The first-order valence-electron chi connectivity index (χ1n) is 6.76. The van der Waals surface area contributed by atoms with Crippen LogP contribution in [0, 0.1) is 5.41 Å². The Balaban J connectivity index is 1.97. The van der Waals surface area contributed by atoms with Gasteiger partial charge in [-0.15, -0.1) is 0 Å². The second-order valence-electron chi connectivity index (χ2n) is 5.81. The lowest BCUT2D eigenvalue weighted by atomic mass is 9.89. The van der Waals surface area contributed by atoms with Gasteiger partial charge in [0.25, 0.3) is 5.91 Å². The molecule has 0 radical (unpaired) electrons. The van der Waals surface area contributed by atoms with E-state index < -0.39 is 0 Å². The van der Waals surface area contributed by atoms with E-state index in [0.717, 1.165) is 24.2 Å². The molecule has 0 bridgehead atoms. The molecule has 4 nitrogen and oxygen atoms in total. The first-order valence-corrected chi connectivity index (χ1v) is 6.76. The minimum atomic E-state index is -0.0280. The molecule has 0 aliphatic carbocycles. The highest BCUT2D eigenvalue weighted by molar-refractivity contribution is 5.94. The molecule has 1 amide bonds. The first kappa shape index (κ1) is 13.9. The van der Waals surface area contributed by atoms with Crippen molar-refractivity contribution >= 4 is 5.91 Å². The summed E-state index contributed by atoms with van der Waals surface area (Å²) in [5.74, 6) is 0.875. The number of nitrogens with one attached hydrogen (secondary N) is 1. The zero-order valence-corrected chi connectivity index (χ0v) is 11.7. The smallest absolute Gasteiger partial charge is 0.251 e. The van der Waals surface area contributed by atoms with Crippen molar-refractivity contribution < 1.29 is 9.53 Å². The van der Waals surface area contributed by atoms with Gasteiger partial charge in [0, 0.05) is 18.5 Å². The maximum Gasteiger partial charge on any atom is 0.251 e. The number of benzene rings is 1. The second-order valence-corrected chi connectivity index (χ2v) is 5.81. The molecule has 2 rings (SSSR count). The van der Waals surface area contributed by atoms with E-state index >= 15 is 0 Å². The zero-order chi connectivity index (χ0) is 13.9. The molecular formula is C15H22N2O2. The molecule has 0 saturated carbocycles. The molecule has 1 aromatic carbocycles. The van der Waals surface area contributed by atoms with Gasteiger partial charge >= 0.3 is 0 Å². The average molecular weight is 262 g/mol. The third kappa shape index (κ3) is 3.47. The second kappa shape index (κ2) is 5.61. The van der Waals surface area contributed by atoms with Crippen LogP contribution in [-0.2, 0) is 6.42 Å². The van der Waals surface area contributed by atoms with E-state index in [9.17, 15) is 4.79 Å². The monoisotopic (exact) mass is 262 g/mol. The van der Waals surface area contributed by atoms with Crippen LogP contribution in [0.4, 0.5) is 0 Å². The Hall–Kier alpha value is -1.55. The topological polar surface area (TPSA) is 64.3 Å². The summed E-state index contributed by atoms with van der Waals surface area (Å²) in [6.07, 6.45) is 1.78. The number of carbonyl (C=O) groups is 1. The lowest BCUT2D eigenvalue weighted by Crippen LogP contribution is -2.35. The number of fused-ring (bicyclic) bond motifs is 1. The fraction of sp³-hybridized carbons (Fsp3) is 0.533. The fourth-order valence-electron chi connectivity index (χ4n) is 2.23. The molecule has 104 valence electrons. The third-order valence-electron chi connectivity index (χ3n) is 3.50. The van der Waals surface area contributed by atoms with Gasteiger partial charge in [-0.3, -0.25) is 4.79 Å². The molecule has 1 aliphatic rings. The van der Waals surface area contributed by atoms with E-state index in [0.29, 0.717) is 25.3 Å². The van der Waals surface area contributed by atoms with Crippen molar-refractivity contribution in [1.82, 2.24) is 5.32 Å². The average Bonchev–Trinajstić information content (AvgIpc) is 2.83. The quantitative estimate of drug-likeness (QED) is 0.849. The Morgan fingerprint density at radius 2 is 2.26 bits per heavy atom. The molecule has 1 aliphatic heterocycles. The summed E-state index contributed by atoms with van der Waals surface area (Å²) in [5.41, 5.74) is 7.42. The summed E-state index contributed by atoms with van der Waals surface area (Å²) in [4.78, 5) is 12.1. The van der Waals surface area contributed by atoms with Gasteiger partial charge in [-0.05, 0) is 42.1 Å². The summed E-state index contributed by atoms with van der Waals surface area (Å²) in [7, 11) is 0. The van der Waals surface area contributed by atoms with Gasteiger partial charge in [0.1, 0.15) is 5.75 Å². The Bertz CT molecular complexity index is 469. The molecule has 0 spiro atoms. The van der Waals surface area contributed by atoms with Crippen LogP contribution in [0.5, 0.6) is 5.75 Å². The molecule has 0 fully saturated rings. The number of nitrogens with two attached hydrogens (primary N) is 1. The van der Waals surface area contributed by atoms with Gasteiger partial charge in [0.15, 0.2) is 0 Å². The predicted octanol–water partition coefficient (Wildman–Crippen LogP) is 1.73. The Labute approximate surface area is 114 Å². The van der Waals surface area contributed by atoms with Crippen molar-refractivity contribution in [3.05, 3.63) is 29.3 Å². The van der Waals surface area contributed by atoms with E-state index in [1.54, 1.807) is 0 Å². The van der Waals surface area contributed by atoms with Crippen molar-refractivity contribution in [3.8, 4) is 5.75 Å². The van der Waals surface area contributed by atoms with Gasteiger partial charge in [-0.2, -0.15) is 0 Å². The predicted molar refractivity (Wildman–Crippen MR) is 75.4 cm³/mol. The maximum absolute atomic E-state index is 12.1. The number of ether oxygens (including phenoxy) is 1.